The first-order valence-electron chi connectivity index (χ1n) is 6.53. The Morgan fingerprint density at radius 3 is 2.67 bits per heavy atom. The number of hydrogen-bond acceptors (Lipinski definition) is 3. The standard InChI is InChI=1S/C16H17FN2O2/c1-21-13-5-6-14(15(17)8-13)16(20)19-10-12-4-2-3-11(7-12)9-18/h2-8H,9-10,18H2,1H3,(H,19,20). The summed E-state index contributed by atoms with van der Waals surface area (Å²) in [6.45, 7) is 0.757. The lowest BCUT2D eigenvalue weighted by atomic mass is 10.1. The van der Waals surface area contributed by atoms with Crippen LogP contribution < -0.4 is 15.8 Å². The minimum Gasteiger partial charge on any atom is -0.497 e. The molecule has 0 fully saturated rings. The van der Waals surface area contributed by atoms with Crippen LogP contribution in [-0.4, -0.2) is 13.0 Å². The fourth-order valence-electron chi connectivity index (χ4n) is 1.95. The Kier molecular flexibility index (Phi) is 4.90. The van der Waals surface area contributed by atoms with E-state index < -0.39 is 11.7 Å². The van der Waals surface area contributed by atoms with Crippen LogP contribution in [0.4, 0.5) is 4.39 Å². The van der Waals surface area contributed by atoms with Gasteiger partial charge < -0.3 is 15.8 Å². The lowest BCUT2D eigenvalue weighted by Crippen LogP contribution is -2.23. The summed E-state index contributed by atoms with van der Waals surface area (Å²) in [5.41, 5.74) is 7.46. The van der Waals surface area contributed by atoms with E-state index in [4.69, 9.17) is 10.5 Å². The molecule has 3 N–H and O–H groups in total. The van der Waals surface area contributed by atoms with Gasteiger partial charge in [-0.05, 0) is 23.3 Å². The second kappa shape index (κ2) is 6.85. The summed E-state index contributed by atoms with van der Waals surface area (Å²) in [6.07, 6.45) is 0. The summed E-state index contributed by atoms with van der Waals surface area (Å²) in [5, 5.41) is 2.68. The van der Waals surface area contributed by atoms with Gasteiger partial charge in [0.1, 0.15) is 11.6 Å². The molecule has 0 aliphatic rings. The Hall–Kier alpha value is -2.40. The van der Waals surface area contributed by atoms with Gasteiger partial charge in [0.2, 0.25) is 0 Å². The molecule has 2 aromatic carbocycles. The fraction of sp³-hybridized carbons (Fsp3) is 0.188. The molecule has 2 rings (SSSR count). The molecule has 0 heterocycles. The molecule has 0 aliphatic heterocycles. The Morgan fingerprint density at radius 2 is 2.00 bits per heavy atom. The van der Waals surface area contributed by atoms with Gasteiger partial charge in [-0.3, -0.25) is 4.79 Å². The Morgan fingerprint density at radius 1 is 1.24 bits per heavy atom. The van der Waals surface area contributed by atoms with Crippen LogP contribution in [-0.2, 0) is 13.1 Å². The first kappa shape index (κ1) is 15.0. The van der Waals surface area contributed by atoms with Crippen LogP contribution >= 0.6 is 0 Å². The van der Waals surface area contributed by atoms with E-state index in [2.05, 4.69) is 5.32 Å². The third kappa shape index (κ3) is 3.79. The third-order valence-corrected chi connectivity index (χ3v) is 3.10. The highest BCUT2D eigenvalue weighted by atomic mass is 19.1. The first-order valence-corrected chi connectivity index (χ1v) is 6.53. The van der Waals surface area contributed by atoms with Crippen LogP contribution in [0.5, 0.6) is 5.75 Å². The Labute approximate surface area is 122 Å². The number of ether oxygens (including phenoxy) is 1. The highest BCUT2D eigenvalue weighted by molar-refractivity contribution is 5.94. The average Bonchev–Trinajstić information content (AvgIpc) is 2.52. The molecule has 0 saturated heterocycles. The number of carbonyl (C=O) groups excluding carboxylic acids is 1. The van der Waals surface area contributed by atoms with Gasteiger partial charge in [0.15, 0.2) is 0 Å². The summed E-state index contributed by atoms with van der Waals surface area (Å²) in [5.74, 6) is -0.699. The molecule has 4 nitrogen and oxygen atoms in total. The predicted octanol–water partition coefficient (Wildman–Crippen LogP) is 2.22. The highest BCUT2D eigenvalue weighted by Gasteiger charge is 2.12. The predicted molar refractivity (Wildman–Crippen MR) is 78.5 cm³/mol. The quantitative estimate of drug-likeness (QED) is 0.886. The number of benzene rings is 2. The van der Waals surface area contributed by atoms with Gasteiger partial charge in [-0.25, -0.2) is 4.39 Å². The molecule has 1 amide bonds. The molecule has 0 bridgehead atoms. The van der Waals surface area contributed by atoms with E-state index in [9.17, 15) is 9.18 Å². The minimum absolute atomic E-state index is 0.00854. The van der Waals surface area contributed by atoms with Gasteiger partial charge >= 0.3 is 0 Å². The summed E-state index contributed by atoms with van der Waals surface area (Å²) < 4.78 is 18.7. The van der Waals surface area contributed by atoms with Crippen LogP contribution in [0, 0.1) is 5.82 Å². The lowest BCUT2D eigenvalue weighted by molar-refractivity contribution is 0.0947. The summed E-state index contributed by atoms with van der Waals surface area (Å²) in [7, 11) is 1.44. The number of carbonyl (C=O) groups is 1. The molecular weight excluding hydrogens is 271 g/mol. The zero-order chi connectivity index (χ0) is 15.2. The van der Waals surface area contributed by atoms with Gasteiger partial charge in [-0.1, -0.05) is 24.3 Å². The zero-order valence-corrected chi connectivity index (χ0v) is 11.7. The van der Waals surface area contributed by atoms with Crippen LogP contribution in [0.15, 0.2) is 42.5 Å². The number of hydrogen-bond donors (Lipinski definition) is 2. The van der Waals surface area contributed by atoms with E-state index in [0.29, 0.717) is 18.8 Å². The van der Waals surface area contributed by atoms with Crippen LogP contribution in [0.3, 0.4) is 0 Å². The molecule has 5 heteroatoms. The Bertz CT molecular complexity index is 644. The molecule has 2 aromatic rings. The van der Waals surface area contributed by atoms with Crippen molar-refractivity contribution in [1.29, 1.82) is 0 Å². The molecule has 0 saturated carbocycles. The molecule has 0 radical (unpaired) electrons. The van der Waals surface area contributed by atoms with Gasteiger partial charge in [-0.2, -0.15) is 0 Å². The van der Waals surface area contributed by atoms with Crippen LogP contribution in [0.1, 0.15) is 21.5 Å². The van der Waals surface area contributed by atoms with E-state index in [1.54, 1.807) is 6.07 Å². The van der Waals surface area contributed by atoms with Crippen molar-refractivity contribution in [3.05, 3.63) is 65.0 Å². The smallest absolute Gasteiger partial charge is 0.254 e. The molecule has 0 spiro atoms. The molecule has 0 atom stereocenters. The maximum Gasteiger partial charge on any atom is 0.254 e. The fourth-order valence-corrected chi connectivity index (χ4v) is 1.95. The number of amides is 1. The second-order valence-electron chi connectivity index (χ2n) is 4.55. The monoisotopic (exact) mass is 288 g/mol. The molecule has 0 unspecified atom stereocenters. The summed E-state index contributed by atoms with van der Waals surface area (Å²) >= 11 is 0. The third-order valence-electron chi connectivity index (χ3n) is 3.10. The van der Waals surface area contributed by atoms with Gasteiger partial charge in [0.05, 0.1) is 12.7 Å². The first-order chi connectivity index (χ1) is 10.1. The zero-order valence-electron chi connectivity index (χ0n) is 11.7. The van der Waals surface area contributed by atoms with Gasteiger partial charge in [-0.15, -0.1) is 0 Å². The van der Waals surface area contributed by atoms with Crippen molar-refractivity contribution in [2.24, 2.45) is 5.73 Å². The average molecular weight is 288 g/mol. The highest BCUT2D eigenvalue weighted by Crippen LogP contribution is 2.16. The van der Waals surface area contributed by atoms with Crippen LogP contribution in [0.25, 0.3) is 0 Å². The summed E-state index contributed by atoms with van der Waals surface area (Å²) in [6, 6.07) is 11.7. The lowest BCUT2D eigenvalue weighted by Gasteiger charge is -2.08. The van der Waals surface area contributed by atoms with Crippen molar-refractivity contribution in [3.63, 3.8) is 0 Å². The molecule has 0 aromatic heterocycles. The second-order valence-corrected chi connectivity index (χ2v) is 4.55. The number of rotatable bonds is 5. The van der Waals surface area contributed by atoms with E-state index >= 15 is 0 Å². The van der Waals surface area contributed by atoms with Gasteiger partial charge in [0, 0.05) is 19.2 Å². The number of halogens is 1. The van der Waals surface area contributed by atoms with Crippen molar-refractivity contribution in [3.8, 4) is 5.75 Å². The van der Waals surface area contributed by atoms with E-state index in [-0.39, 0.29) is 5.56 Å². The number of nitrogens with one attached hydrogen (secondary N) is 1. The minimum atomic E-state index is -0.609. The van der Waals surface area contributed by atoms with Crippen molar-refractivity contribution < 1.29 is 13.9 Å². The topological polar surface area (TPSA) is 64.3 Å². The normalized spacial score (nSPS) is 10.2. The largest absolute Gasteiger partial charge is 0.497 e. The van der Waals surface area contributed by atoms with Crippen molar-refractivity contribution >= 4 is 5.91 Å². The van der Waals surface area contributed by atoms with Crippen LogP contribution in [0.2, 0.25) is 0 Å². The maximum absolute atomic E-state index is 13.8. The maximum atomic E-state index is 13.8. The molecule has 0 aliphatic carbocycles. The summed E-state index contributed by atoms with van der Waals surface area (Å²) in [4.78, 5) is 12.0. The van der Waals surface area contributed by atoms with Crippen molar-refractivity contribution in [2.75, 3.05) is 7.11 Å². The van der Waals surface area contributed by atoms with E-state index in [0.717, 1.165) is 11.1 Å². The molecule has 21 heavy (non-hydrogen) atoms. The van der Waals surface area contributed by atoms with Crippen molar-refractivity contribution in [2.45, 2.75) is 13.1 Å². The van der Waals surface area contributed by atoms with E-state index in [1.807, 2.05) is 24.3 Å². The number of methoxy groups -OCH3 is 1. The molecular formula is C16H17FN2O2. The van der Waals surface area contributed by atoms with Gasteiger partial charge in [0.25, 0.3) is 5.91 Å². The number of nitrogens with two attached hydrogens (primary N) is 1. The molecule has 110 valence electrons. The van der Waals surface area contributed by atoms with E-state index in [1.165, 1.54) is 19.2 Å². The Balaban J connectivity index is 2.04. The van der Waals surface area contributed by atoms with Crippen molar-refractivity contribution in [1.82, 2.24) is 5.32 Å². The SMILES string of the molecule is COc1ccc(C(=O)NCc2cccc(CN)c2)c(F)c1.